The average molecular weight is 391 g/mol. The van der Waals surface area contributed by atoms with Crippen LogP contribution < -0.4 is 0 Å². The summed E-state index contributed by atoms with van der Waals surface area (Å²) < 4.78 is 42.7. The molecular weight excluding hydrogens is 364 g/mol. The van der Waals surface area contributed by atoms with Gasteiger partial charge in [0, 0.05) is 5.56 Å². The van der Waals surface area contributed by atoms with E-state index >= 15 is 0 Å². The molecule has 2 aromatic rings. The Hall–Kier alpha value is -1.73. The average Bonchev–Trinajstić information content (AvgIpc) is 3.19. The standard InChI is InChI=1S/C21H26O5S/c1-4-16(2)18-10-12-20(13-11-18)27(22,23)26-17(3)21(24-14-15-25-21)19-8-6-5-7-9-19/h5-13,16-17H,4,14-15H2,1-3H3. The Morgan fingerprint density at radius 3 is 2.15 bits per heavy atom. The van der Waals surface area contributed by atoms with Crippen molar-refractivity contribution < 1.29 is 22.1 Å². The summed E-state index contributed by atoms with van der Waals surface area (Å²) in [6, 6.07) is 16.2. The third-order valence-corrected chi connectivity index (χ3v) is 6.44. The second kappa shape index (κ2) is 8.10. The third-order valence-electron chi connectivity index (χ3n) is 5.05. The lowest BCUT2D eigenvalue weighted by Gasteiger charge is -2.33. The lowest BCUT2D eigenvalue weighted by atomic mass is 9.99. The van der Waals surface area contributed by atoms with Crippen molar-refractivity contribution in [3.05, 3.63) is 65.7 Å². The number of rotatable bonds is 7. The Kier molecular flexibility index (Phi) is 6.01. The molecule has 5 nitrogen and oxygen atoms in total. The van der Waals surface area contributed by atoms with E-state index in [1.165, 1.54) is 0 Å². The minimum Gasteiger partial charge on any atom is -0.341 e. The number of benzene rings is 2. The van der Waals surface area contributed by atoms with Gasteiger partial charge >= 0.3 is 0 Å². The van der Waals surface area contributed by atoms with Crippen LogP contribution in [0.15, 0.2) is 59.5 Å². The topological polar surface area (TPSA) is 61.8 Å². The monoisotopic (exact) mass is 390 g/mol. The van der Waals surface area contributed by atoms with Crippen LogP contribution in [0, 0.1) is 0 Å². The van der Waals surface area contributed by atoms with Crippen LogP contribution in [-0.2, 0) is 29.6 Å². The van der Waals surface area contributed by atoms with E-state index in [-0.39, 0.29) is 4.90 Å². The normalized spacial score (nSPS) is 18.9. The summed E-state index contributed by atoms with van der Waals surface area (Å²) in [6.45, 7) is 6.63. The van der Waals surface area contributed by atoms with Crippen LogP contribution in [0.25, 0.3) is 0 Å². The highest BCUT2D eigenvalue weighted by Gasteiger charge is 2.46. The Labute approximate surface area is 161 Å². The maximum absolute atomic E-state index is 12.8. The molecule has 0 radical (unpaired) electrons. The summed E-state index contributed by atoms with van der Waals surface area (Å²) in [7, 11) is -3.95. The van der Waals surface area contributed by atoms with Crippen LogP contribution in [0.4, 0.5) is 0 Å². The zero-order valence-electron chi connectivity index (χ0n) is 15.9. The van der Waals surface area contributed by atoms with Gasteiger partial charge < -0.3 is 9.47 Å². The van der Waals surface area contributed by atoms with Crippen molar-refractivity contribution in [3.63, 3.8) is 0 Å². The van der Waals surface area contributed by atoms with E-state index in [0.717, 1.165) is 17.5 Å². The van der Waals surface area contributed by atoms with Gasteiger partial charge in [0.15, 0.2) is 0 Å². The molecule has 1 fully saturated rings. The van der Waals surface area contributed by atoms with Gasteiger partial charge in [0.1, 0.15) is 6.10 Å². The molecule has 3 rings (SSSR count). The van der Waals surface area contributed by atoms with E-state index < -0.39 is 22.0 Å². The van der Waals surface area contributed by atoms with Gasteiger partial charge in [-0.05, 0) is 37.0 Å². The quantitative estimate of drug-likeness (QED) is 0.663. The first-order chi connectivity index (χ1) is 12.9. The molecule has 0 amide bonds. The predicted octanol–water partition coefficient (Wildman–Crippen LogP) is 4.19. The molecule has 0 N–H and O–H groups in total. The summed E-state index contributed by atoms with van der Waals surface area (Å²) in [5, 5.41) is 0. The van der Waals surface area contributed by atoms with E-state index in [1.54, 1.807) is 19.1 Å². The van der Waals surface area contributed by atoms with E-state index in [1.807, 2.05) is 42.5 Å². The number of hydrogen-bond acceptors (Lipinski definition) is 5. The minimum absolute atomic E-state index is 0.127. The minimum atomic E-state index is -3.95. The molecule has 1 aliphatic heterocycles. The molecule has 2 atom stereocenters. The molecule has 0 saturated carbocycles. The van der Waals surface area contributed by atoms with Gasteiger partial charge in [-0.2, -0.15) is 8.42 Å². The molecule has 1 heterocycles. The first-order valence-corrected chi connectivity index (χ1v) is 10.7. The van der Waals surface area contributed by atoms with Crippen LogP contribution in [0.1, 0.15) is 44.2 Å². The molecule has 27 heavy (non-hydrogen) atoms. The maximum atomic E-state index is 12.8. The Balaban J connectivity index is 1.84. The summed E-state index contributed by atoms with van der Waals surface area (Å²) in [4.78, 5) is 0.127. The molecule has 2 aromatic carbocycles. The summed E-state index contributed by atoms with van der Waals surface area (Å²) in [5.74, 6) is -0.853. The van der Waals surface area contributed by atoms with Crippen molar-refractivity contribution in [3.8, 4) is 0 Å². The third kappa shape index (κ3) is 4.09. The van der Waals surface area contributed by atoms with Gasteiger partial charge in [0.2, 0.25) is 5.79 Å². The van der Waals surface area contributed by atoms with Crippen molar-refractivity contribution in [2.75, 3.05) is 13.2 Å². The molecule has 1 aliphatic rings. The number of hydrogen-bond donors (Lipinski definition) is 0. The van der Waals surface area contributed by atoms with Gasteiger partial charge in [0.05, 0.1) is 18.1 Å². The smallest absolute Gasteiger partial charge is 0.297 e. The zero-order chi connectivity index (χ0) is 19.5. The second-order valence-electron chi connectivity index (χ2n) is 6.80. The Morgan fingerprint density at radius 1 is 1.00 bits per heavy atom. The van der Waals surface area contributed by atoms with Crippen LogP contribution in [-0.4, -0.2) is 27.7 Å². The molecule has 1 saturated heterocycles. The fourth-order valence-electron chi connectivity index (χ4n) is 3.24. The van der Waals surface area contributed by atoms with Gasteiger partial charge in [-0.1, -0.05) is 56.3 Å². The zero-order valence-corrected chi connectivity index (χ0v) is 16.7. The fourth-order valence-corrected chi connectivity index (χ4v) is 4.33. The molecular formula is C21H26O5S. The van der Waals surface area contributed by atoms with Crippen LogP contribution in [0.3, 0.4) is 0 Å². The molecule has 6 heteroatoms. The molecule has 146 valence electrons. The second-order valence-corrected chi connectivity index (χ2v) is 8.37. The number of ether oxygens (including phenoxy) is 2. The summed E-state index contributed by atoms with van der Waals surface area (Å²) in [6.07, 6.45) is 0.148. The highest BCUT2D eigenvalue weighted by molar-refractivity contribution is 7.86. The highest BCUT2D eigenvalue weighted by atomic mass is 32.2. The van der Waals surface area contributed by atoms with Crippen LogP contribution in [0.2, 0.25) is 0 Å². The SMILES string of the molecule is CCC(C)c1ccc(S(=O)(=O)OC(C)C2(c3ccccc3)OCCO2)cc1. The summed E-state index contributed by atoms with van der Waals surface area (Å²) in [5.41, 5.74) is 1.84. The van der Waals surface area contributed by atoms with E-state index in [9.17, 15) is 8.42 Å². The lowest BCUT2D eigenvalue weighted by Crippen LogP contribution is -2.41. The first-order valence-electron chi connectivity index (χ1n) is 9.25. The lowest BCUT2D eigenvalue weighted by molar-refractivity contribution is -0.216. The van der Waals surface area contributed by atoms with Gasteiger partial charge in [0.25, 0.3) is 10.1 Å². The molecule has 0 aliphatic carbocycles. The van der Waals surface area contributed by atoms with Gasteiger partial charge in [-0.15, -0.1) is 0 Å². The van der Waals surface area contributed by atoms with Crippen molar-refractivity contribution in [2.45, 2.75) is 49.9 Å². The molecule has 0 spiro atoms. The predicted molar refractivity (Wildman–Crippen MR) is 103 cm³/mol. The van der Waals surface area contributed by atoms with Crippen LogP contribution >= 0.6 is 0 Å². The fraction of sp³-hybridized carbons (Fsp3) is 0.429. The van der Waals surface area contributed by atoms with Crippen molar-refractivity contribution >= 4 is 10.1 Å². The van der Waals surface area contributed by atoms with Gasteiger partial charge in [-0.3, -0.25) is 4.18 Å². The summed E-state index contributed by atoms with van der Waals surface area (Å²) >= 11 is 0. The molecule has 0 aromatic heterocycles. The van der Waals surface area contributed by atoms with Crippen LogP contribution in [0.5, 0.6) is 0 Å². The van der Waals surface area contributed by atoms with E-state index in [0.29, 0.717) is 19.1 Å². The maximum Gasteiger partial charge on any atom is 0.297 e. The molecule has 2 unspecified atom stereocenters. The largest absolute Gasteiger partial charge is 0.341 e. The highest BCUT2D eigenvalue weighted by Crippen LogP contribution is 2.37. The van der Waals surface area contributed by atoms with Gasteiger partial charge in [-0.25, -0.2) is 0 Å². The van der Waals surface area contributed by atoms with Crippen molar-refractivity contribution in [1.82, 2.24) is 0 Å². The van der Waals surface area contributed by atoms with E-state index in [4.69, 9.17) is 13.7 Å². The molecule has 0 bridgehead atoms. The van der Waals surface area contributed by atoms with E-state index in [2.05, 4.69) is 13.8 Å². The van der Waals surface area contributed by atoms with Crippen molar-refractivity contribution in [2.24, 2.45) is 0 Å². The Morgan fingerprint density at radius 2 is 1.59 bits per heavy atom. The van der Waals surface area contributed by atoms with Crippen molar-refractivity contribution in [1.29, 1.82) is 0 Å². The Bertz CT molecular complexity index is 840. The first kappa shape index (κ1) is 20.0.